The predicted molar refractivity (Wildman–Crippen MR) is 70.3 cm³/mol. The second kappa shape index (κ2) is 5.17. The Hall–Kier alpha value is -1.57. The van der Waals surface area contributed by atoms with Crippen LogP contribution in [-0.2, 0) is 6.54 Å². The lowest BCUT2D eigenvalue weighted by Crippen LogP contribution is -2.00. The molecule has 2 rings (SSSR count). The van der Waals surface area contributed by atoms with Crippen molar-refractivity contribution in [2.24, 2.45) is 0 Å². The number of benzene rings is 1. The molecule has 0 amide bonds. The molecule has 86 valence electrons. The molecule has 0 fully saturated rings. The van der Waals surface area contributed by atoms with Gasteiger partial charge in [-0.3, -0.25) is 0 Å². The summed E-state index contributed by atoms with van der Waals surface area (Å²) < 4.78 is 0. The minimum Gasteiger partial charge on any atom is -0.377 e. The van der Waals surface area contributed by atoms with Crippen molar-refractivity contribution in [3.8, 4) is 6.07 Å². The van der Waals surface area contributed by atoms with E-state index in [9.17, 15) is 0 Å². The zero-order valence-corrected chi connectivity index (χ0v) is 10.8. The van der Waals surface area contributed by atoms with E-state index in [1.54, 1.807) is 29.5 Å². The largest absolute Gasteiger partial charge is 0.377 e. The van der Waals surface area contributed by atoms with Crippen LogP contribution in [0.2, 0.25) is 5.02 Å². The fraction of sp³-hybridized carbons (Fsp3) is 0.167. The average Bonchev–Trinajstić information content (AvgIpc) is 2.73. The molecule has 3 nitrogen and oxygen atoms in total. The summed E-state index contributed by atoms with van der Waals surface area (Å²) in [6, 6.07) is 7.33. The summed E-state index contributed by atoms with van der Waals surface area (Å²) in [5, 5.41) is 13.7. The minimum atomic E-state index is 0.547. The van der Waals surface area contributed by atoms with E-state index in [0.29, 0.717) is 17.1 Å². The van der Waals surface area contributed by atoms with Crippen LogP contribution >= 0.6 is 22.9 Å². The molecule has 1 aromatic carbocycles. The Labute approximate surface area is 109 Å². The molecule has 0 atom stereocenters. The molecule has 0 spiro atoms. The third-order valence-electron chi connectivity index (χ3n) is 2.20. The summed E-state index contributed by atoms with van der Waals surface area (Å²) in [6.07, 6.45) is 1.84. The average molecular weight is 264 g/mol. The Bertz CT molecular complexity index is 571. The number of thiazole rings is 1. The highest BCUT2D eigenvalue weighted by Crippen LogP contribution is 2.21. The Morgan fingerprint density at radius 3 is 3.00 bits per heavy atom. The molecule has 1 aromatic heterocycles. The molecule has 0 saturated heterocycles. The molecule has 17 heavy (non-hydrogen) atoms. The predicted octanol–water partition coefficient (Wildman–Crippen LogP) is 3.59. The number of halogens is 1. The van der Waals surface area contributed by atoms with Gasteiger partial charge in [-0.15, -0.1) is 11.3 Å². The number of nitrogens with zero attached hydrogens (tertiary/aromatic N) is 2. The van der Waals surface area contributed by atoms with Crippen molar-refractivity contribution < 1.29 is 0 Å². The first-order chi connectivity index (χ1) is 8.19. The summed E-state index contributed by atoms with van der Waals surface area (Å²) in [5.41, 5.74) is 1.33. The lowest BCUT2D eigenvalue weighted by molar-refractivity contribution is 1.10. The number of anilines is 1. The molecule has 0 unspecified atom stereocenters. The fourth-order valence-electron chi connectivity index (χ4n) is 1.42. The molecule has 1 heterocycles. The first-order valence-electron chi connectivity index (χ1n) is 5.04. The molecular formula is C12H10ClN3S. The van der Waals surface area contributed by atoms with Gasteiger partial charge in [0.05, 0.1) is 17.8 Å². The zero-order chi connectivity index (χ0) is 12.3. The van der Waals surface area contributed by atoms with Crippen molar-refractivity contribution in [3.63, 3.8) is 0 Å². The maximum absolute atomic E-state index is 8.98. The van der Waals surface area contributed by atoms with Crippen molar-refractivity contribution in [2.45, 2.75) is 13.5 Å². The SMILES string of the molecule is Cc1cnc(CNc2ccc(Cl)cc2C#N)s1. The Morgan fingerprint density at radius 2 is 2.35 bits per heavy atom. The molecule has 0 bridgehead atoms. The Balaban J connectivity index is 2.12. The first kappa shape index (κ1) is 11.9. The van der Waals surface area contributed by atoms with Crippen LogP contribution in [0.25, 0.3) is 0 Å². The molecule has 5 heteroatoms. The molecule has 0 radical (unpaired) electrons. The van der Waals surface area contributed by atoms with Crippen LogP contribution < -0.4 is 5.32 Å². The highest BCUT2D eigenvalue weighted by molar-refractivity contribution is 7.11. The van der Waals surface area contributed by atoms with Crippen LogP contribution in [0.15, 0.2) is 24.4 Å². The molecule has 0 aliphatic carbocycles. The van der Waals surface area contributed by atoms with Crippen molar-refractivity contribution in [3.05, 3.63) is 44.9 Å². The summed E-state index contributed by atoms with van der Waals surface area (Å²) in [7, 11) is 0. The van der Waals surface area contributed by atoms with Gasteiger partial charge < -0.3 is 5.32 Å². The van der Waals surface area contributed by atoms with Gasteiger partial charge in [0.1, 0.15) is 11.1 Å². The smallest absolute Gasteiger partial charge is 0.112 e. The molecule has 0 aliphatic rings. The van der Waals surface area contributed by atoms with Crippen molar-refractivity contribution in [1.29, 1.82) is 5.26 Å². The molecular weight excluding hydrogens is 254 g/mol. The second-order valence-electron chi connectivity index (χ2n) is 3.52. The number of aryl methyl sites for hydroxylation is 1. The lowest BCUT2D eigenvalue weighted by atomic mass is 10.2. The highest BCUT2D eigenvalue weighted by atomic mass is 35.5. The Morgan fingerprint density at radius 1 is 1.53 bits per heavy atom. The lowest BCUT2D eigenvalue weighted by Gasteiger charge is -2.06. The monoisotopic (exact) mass is 263 g/mol. The van der Waals surface area contributed by atoms with Gasteiger partial charge in [0, 0.05) is 16.1 Å². The van der Waals surface area contributed by atoms with E-state index >= 15 is 0 Å². The van der Waals surface area contributed by atoms with Crippen molar-refractivity contribution in [2.75, 3.05) is 5.32 Å². The standard InChI is InChI=1S/C12H10ClN3S/c1-8-6-16-12(17-8)7-15-11-3-2-10(13)4-9(11)5-14/h2-4,6,15H,7H2,1H3. The summed E-state index contributed by atoms with van der Waals surface area (Å²) in [5.74, 6) is 0. The van der Waals surface area contributed by atoms with E-state index in [4.69, 9.17) is 16.9 Å². The maximum Gasteiger partial charge on any atom is 0.112 e. The van der Waals surface area contributed by atoms with Crippen LogP contribution in [0.5, 0.6) is 0 Å². The molecule has 2 aromatic rings. The summed E-state index contributed by atoms with van der Waals surface area (Å²) >= 11 is 7.47. The zero-order valence-electron chi connectivity index (χ0n) is 9.20. The van der Waals surface area contributed by atoms with Crippen LogP contribution in [0.4, 0.5) is 5.69 Å². The van der Waals surface area contributed by atoms with Gasteiger partial charge >= 0.3 is 0 Å². The first-order valence-corrected chi connectivity index (χ1v) is 6.23. The van der Waals surface area contributed by atoms with E-state index < -0.39 is 0 Å². The van der Waals surface area contributed by atoms with E-state index in [0.717, 1.165) is 10.7 Å². The van der Waals surface area contributed by atoms with Gasteiger partial charge in [0.15, 0.2) is 0 Å². The number of aromatic nitrogens is 1. The number of rotatable bonds is 3. The minimum absolute atomic E-state index is 0.547. The number of hydrogen-bond acceptors (Lipinski definition) is 4. The van der Waals surface area contributed by atoms with Gasteiger partial charge in [0.2, 0.25) is 0 Å². The number of hydrogen-bond donors (Lipinski definition) is 1. The summed E-state index contributed by atoms with van der Waals surface area (Å²) in [6.45, 7) is 2.64. The van der Waals surface area contributed by atoms with Crippen molar-refractivity contribution in [1.82, 2.24) is 4.98 Å². The van der Waals surface area contributed by atoms with Gasteiger partial charge in [-0.05, 0) is 25.1 Å². The number of nitriles is 1. The van der Waals surface area contributed by atoms with E-state index in [-0.39, 0.29) is 0 Å². The van der Waals surface area contributed by atoms with E-state index in [2.05, 4.69) is 16.4 Å². The van der Waals surface area contributed by atoms with Gasteiger partial charge in [-0.1, -0.05) is 11.6 Å². The van der Waals surface area contributed by atoms with Crippen LogP contribution in [0.1, 0.15) is 15.4 Å². The molecule has 0 saturated carbocycles. The fourth-order valence-corrected chi connectivity index (χ4v) is 2.32. The van der Waals surface area contributed by atoms with Gasteiger partial charge in [-0.2, -0.15) is 5.26 Å². The van der Waals surface area contributed by atoms with E-state index in [1.807, 2.05) is 13.1 Å². The van der Waals surface area contributed by atoms with Crippen molar-refractivity contribution >= 4 is 28.6 Å². The third-order valence-corrected chi connectivity index (χ3v) is 3.35. The highest BCUT2D eigenvalue weighted by Gasteiger charge is 2.04. The second-order valence-corrected chi connectivity index (χ2v) is 5.28. The van der Waals surface area contributed by atoms with Gasteiger partial charge in [0.25, 0.3) is 0 Å². The van der Waals surface area contributed by atoms with Gasteiger partial charge in [-0.25, -0.2) is 4.98 Å². The maximum atomic E-state index is 8.98. The van der Waals surface area contributed by atoms with Crippen LogP contribution in [0, 0.1) is 18.3 Å². The van der Waals surface area contributed by atoms with Crippen LogP contribution in [0.3, 0.4) is 0 Å². The Kier molecular flexibility index (Phi) is 3.62. The normalized spacial score (nSPS) is 9.94. The number of nitrogens with one attached hydrogen (secondary N) is 1. The third kappa shape index (κ3) is 2.96. The summed E-state index contributed by atoms with van der Waals surface area (Å²) in [4.78, 5) is 5.43. The molecule has 1 N–H and O–H groups in total. The van der Waals surface area contributed by atoms with Crippen LogP contribution in [-0.4, -0.2) is 4.98 Å². The topological polar surface area (TPSA) is 48.7 Å². The molecule has 0 aliphatic heterocycles. The van der Waals surface area contributed by atoms with E-state index in [1.165, 1.54) is 4.88 Å². The quantitative estimate of drug-likeness (QED) is 0.921.